The van der Waals surface area contributed by atoms with Crippen molar-refractivity contribution in [2.24, 2.45) is 5.41 Å². The Bertz CT molecular complexity index is 541. The lowest BCUT2D eigenvalue weighted by molar-refractivity contribution is -0.104. The largest absolute Gasteiger partial charge is 0.395 e. The molecule has 0 fully saturated rings. The lowest BCUT2D eigenvalue weighted by Crippen LogP contribution is -2.43. The van der Waals surface area contributed by atoms with Gasteiger partial charge in [0.05, 0.1) is 91.0 Å². The van der Waals surface area contributed by atoms with E-state index in [1.807, 2.05) is 18.7 Å². The number of hydrogen-bond donors (Lipinski definition) is 8. The first-order chi connectivity index (χ1) is 19.7. The van der Waals surface area contributed by atoms with Gasteiger partial charge in [0.25, 0.3) is 0 Å². The van der Waals surface area contributed by atoms with Crippen LogP contribution in [0.2, 0.25) is 0 Å². The summed E-state index contributed by atoms with van der Waals surface area (Å²) >= 11 is 0. The van der Waals surface area contributed by atoms with E-state index in [9.17, 15) is 40.9 Å². The van der Waals surface area contributed by atoms with E-state index in [0.29, 0.717) is 52.2 Å². The van der Waals surface area contributed by atoms with E-state index >= 15 is 0 Å². The van der Waals surface area contributed by atoms with E-state index in [-0.39, 0.29) is 85.8 Å². The van der Waals surface area contributed by atoms with E-state index in [1.165, 1.54) is 0 Å². The maximum Gasteiger partial charge on any atom is 0.0900 e. The second-order valence-electron chi connectivity index (χ2n) is 10.5. The van der Waals surface area contributed by atoms with Crippen LogP contribution in [0.1, 0.15) is 20.3 Å². The zero-order chi connectivity index (χ0) is 30.9. The van der Waals surface area contributed by atoms with Gasteiger partial charge in [-0.3, -0.25) is 14.7 Å². The molecule has 0 heterocycles. The molecule has 0 spiro atoms. The van der Waals surface area contributed by atoms with Crippen LogP contribution in [0.15, 0.2) is 0 Å². The van der Waals surface area contributed by atoms with Crippen LogP contribution in [0.5, 0.6) is 0 Å². The standard InChI is InChI=1S/C27H59N3O11/c1-3-27(21-39-18-24(36)15-28(4-2)5-10-31,22-40-19-25(37)16-29(6-11-32)7-12-33)23-41-20-26(38)17-30(8-13-34)9-14-35/h24-26,31-38H,3-23H2,1-2H3. The predicted octanol–water partition coefficient (Wildman–Crippen LogP) is -3.60. The highest BCUT2D eigenvalue weighted by molar-refractivity contribution is 4.79. The Hall–Kier alpha value is -0.560. The molecule has 0 saturated heterocycles. The molecule has 41 heavy (non-hydrogen) atoms. The van der Waals surface area contributed by atoms with Crippen molar-refractivity contribution in [1.29, 1.82) is 0 Å². The quantitative estimate of drug-likeness (QED) is 0.0402. The van der Waals surface area contributed by atoms with Crippen molar-refractivity contribution in [3.63, 3.8) is 0 Å². The Kier molecular flexibility index (Phi) is 25.5. The maximum absolute atomic E-state index is 10.4. The van der Waals surface area contributed by atoms with Gasteiger partial charge in [-0.05, 0) is 13.0 Å². The molecule has 0 aliphatic rings. The number of aliphatic hydroxyl groups excluding tert-OH is 8. The van der Waals surface area contributed by atoms with E-state index in [0.717, 1.165) is 0 Å². The third kappa shape index (κ3) is 20.1. The highest BCUT2D eigenvalue weighted by Crippen LogP contribution is 2.24. The Morgan fingerprint density at radius 2 is 0.805 bits per heavy atom. The SMILES string of the molecule is CCN(CCO)CC(O)COCC(CC)(COCC(O)CN(CCO)CCO)COCC(O)CN(CCO)CCO. The van der Waals surface area contributed by atoms with Crippen molar-refractivity contribution in [2.45, 2.75) is 38.6 Å². The molecule has 0 amide bonds. The molecule has 0 aromatic rings. The summed E-state index contributed by atoms with van der Waals surface area (Å²) in [6.07, 6.45) is -1.86. The normalized spacial score (nSPS) is 16.0. The van der Waals surface area contributed by atoms with E-state index in [2.05, 4.69) is 0 Å². The average molecular weight is 602 g/mol. The predicted molar refractivity (Wildman–Crippen MR) is 154 cm³/mol. The number of aliphatic hydroxyl groups is 8. The molecule has 3 atom stereocenters. The smallest absolute Gasteiger partial charge is 0.0900 e. The number of hydrogen-bond acceptors (Lipinski definition) is 14. The molecule has 0 aliphatic carbocycles. The zero-order valence-electron chi connectivity index (χ0n) is 25.2. The summed E-state index contributed by atoms with van der Waals surface area (Å²) < 4.78 is 17.7. The average Bonchev–Trinajstić information content (AvgIpc) is 2.93. The molecule has 14 heteroatoms. The van der Waals surface area contributed by atoms with Crippen LogP contribution >= 0.6 is 0 Å². The fraction of sp³-hybridized carbons (Fsp3) is 1.00. The monoisotopic (exact) mass is 601 g/mol. The summed E-state index contributed by atoms with van der Waals surface area (Å²) in [5.41, 5.74) is -0.638. The van der Waals surface area contributed by atoms with Gasteiger partial charge in [0.1, 0.15) is 0 Å². The van der Waals surface area contributed by atoms with Gasteiger partial charge < -0.3 is 55.1 Å². The molecule has 0 aromatic carbocycles. The molecular formula is C27H59N3O11. The van der Waals surface area contributed by atoms with Crippen molar-refractivity contribution < 1.29 is 55.1 Å². The second kappa shape index (κ2) is 25.9. The van der Waals surface area contributed by atoms with Gasteiger partial charge in [-0.1, -0.05) is 13.8 Å². The van der Waals surface area contributed by atoms with Crippen LogP contribution in [0.3, 0.4) is 0 Å². The topological polar surface area (TPSA) is 199 Å². The summed E-state index contributed by atoms with van der Waals surface area (Å²) in [5, 5.41) is 77.2. The van der Waals surface area contributed by atoms with Crippen molar-refractivity contribution in [3.05, 3.63) is 0 Å². The maximum atomic E-state index is 10.4. The lowest BCUT2D eigenvalue weighted by Gasteiger charge is -2.34. The molecule has 14 nitrogen and oxygen atoms in total. The second-order valence-corrected chi connectivity index (χ2v) is 10.5. The molecule has 0 aromatic heterocycles. The molecule has 0 rings (SSSR count). The van der Waals surface area contributed by atoms with Crippen molar-refractivity contribution in [3.8, 4) is 0 Å². The minimum Gasteiger partial charge on any atom is -0.395 e. The molecular weight excluding hydrogens is 542 g/mol. The summed E-state index contributed by atoms with van der Waals surface area (Å²) in [4.78, 5) is 5.40. The van der Waals surface area contributed by atoms with Crippen LogP contribution in [-0.4, -0.2) is 205 Å². The van der Waals surface area contributed by atoms with Gasteiger partial charge in [0, 0.05) is 57.8 Å². The van der Waals surface area contributed by atoms with Crippen molar-refractivity contribution in [2.75, 3.05) is 132 Å². The van der Waals surface area contributed by atoms with Crippen LogP contribution in [-0.2, 0) is 14.2 Å². The van der Waals surface area contributed by atoms with Gasteiger partial charge in [-0.15, -0.1) is 0 Å². The first-order valence-corrected chi connectivity index (χ1v) is 14.7. The van der Waals surface area contributed by atoms with Crippen LogP contribution in [0.4, 0.5) is 0 Å². The highest BCUT2D eigenvalue weighted by Gasteiger charge is 2.31. The molecule has 3 unspecified atom stereocenters. The summed E-state index contributed by atoms with van der Waals surface area (Å²) in [6.45, 7) is 7.46. The van der Waals surface area contributed by atoms with Crippen LogP contribution in [0, 0.1) is 5.41 Å². The number of ether oxygens (including phenoxy) is 3. The molecule has 248 valence electrons. The van der Waals surface area contributed by atoms with Gasteiger partial charge in [0.15, 0.2) is 0 Å². The van der Waals surface area contributed by atoms with Gasteiger partial charge >= 0.3 is 0 Å². The Balaban J connectivity index is 5.12. The van der Waals surface area contributed by atoms with Gasteiger partial charge in [-0.25, -0.2) is 0 Å². The third-order valence-electron chi connectivity index (χ3n) is 6.84. The molecule has 0 saturated carbocycles. The summed E-state index contributed by atoms with van der Waals surface area (Å²) in [7, 11) is 0. The fourth-order valence-corrected chi connectivity index (χ4v) is 4.39. The van der Waals surface area contributed by atoms with Crippen LogP contribution < -0.4 is 0 Å². The van der Waals surface area contributed by atoms with Crippen molar-refractivity contribution in [1.82, 2.24) is 14.7 Å². The molecule has 8 N–H and O–H groups in total. The molecule has 0 aliphatic heterocycles. The number of rotatable bonds is 30. The van der Waals surface area contributed by atoms with E-state index < -0.39 is 23.7 Å². The molecule has 0 bridgehead atoms. The fourth-order valence-electron chi connectivity index (χ4n) is 4.39. The zero-order valence-corrected chi connectivity index (χ0v) is 25.2. The highest BCUT2D eigenvalue weighted by atomic mass is 16.5. The third-order valence-corrected chi connectivity index (χ3v) is 6.84. The Labute approximate surface area is 245 Å². The minimum atomic E-state index is -0.844. The first-order valence-electron chi connectivity index (χ1n) is 14.7. The van der Waals surface area contributed by atoms with Gasteiger partial charge in [-0.2, -0.15) is 0 Å². The van der Waals surface area contributed by atoms with Crippen LogP contribution in [0.25, 0.3) is 0 Å². The van der Waals surface area contributed by atoms with E-state index in [1.54, 1.807) is 9.80 Å². The van der Waals surface area contributed by atoms with Gasteiger partial charge in [0.2, 0.25) is 0 Å². The minimum absolute atomic E-state index is 0.00225. The Morgan fingerprint density at radius 3 is 1.07 bits per heavy atom. The molecule has 0 radical (unpaired) electrons. The van der Waals surface area contributed by atoms with Crippen molar-refractivity contribution >= 4 is 0 Å². The summed E-state index contributed by atoms with van der Waals surface area (Å²) in [5.74, 6) is 0. The summed E-state index contributed by atoms with van der Waals surface area (Å²) in [6, 6.07) is 0. The number of nitrogens with zero attached hydrogens (tertiary/aromatic N) is 3. The lowest BCUT2D eigenvalue weighted by atomic mass is 9.88. The van der Waals surface area contributed by atoms with E-state index in [4.69, 9.17) is 14.2 Å². The number of likely N-dealkylation sites (N-methyl/N-ethyl adjacent to an activating group) is 1. The first kappa shape index (κ1) is 40.4. The Morgan fingerprint density at radius 1 is 0.512 bits per heavy atom.